The first kappa shape index (κ1) is 23.3. The number of hydrogen-bond donors (Lipinski definition) is 2. The molecule has 8 nitrogen and oxygen atoms in total. The molecule has 0 saturated carbocycles. The summed E-state index contributed by atoms with van der Waals surface area (Å²) >= 11 is 3.27. The molecule has 1 amide bonds. The van der Waals surface area contributed by atoms with Gasteiger partial charge in [0, 0.05) is 15.7 Å². The molecule has 0 radical (unpaired) electrons. The number of hydrogen-bond acceptors (Lipinski definition) is 6. The van der Waals surface area contributed by atoms with Crippen molar-refractivity contribution in [2.75, 3.05) is 18.9 Å². The second-order valence-electron chi connectivity index (χ2n) is 6.45. The second kappa shape index (κ2) is 10.3. The fourth-order valence-corrected chi connectivity index (χ4v) is 4.00. The Morgan fingerprint density at radius 2 is 1.59 bits per heavy atom. The molecule has 2 N–H and O–H groups in total. The van der Waals surface area contributed by atoms with E-state index in [4.69, 9.17) is 9.47 Å². The number of halogens is 1. The van der Waals surface area contributed by atoms with E-state index < -0.39 is 15.9 Å². The summed E-state index contributed by atoms with van der Waals surface area (Å²) in [5.74, 6) is 0.692. The van der Waals surface area contributed by atoms with Crippen LogP contribution in [0.25, 0.3) is 0 Å². The number of rotatable bonds is 8. The van der Waals surface area contributed by atoms with Gasteiger partial charge in [-0.1, -0.05) is 15.9 Å². The molecule has 10 heteroatoms. The molecule has 3 rings (SSSR count). The van der Waals surface area contributed by atoms with Crippen LogP contribution in [0.1, 0.15) is 15.9 Å². The van der Waals surface area contributed by atoms with Crippen molar-refractivity contribution in [1.29, 1.82) is 0 Å². The first-order valence-electron chi connectivity index (χ1n) is 9.26. The molecule has 0 aliphatic rings. The second-order valence-corrected chi connectivity index (χ2v) is 9.05. The topological polar surface area (TPSA) is 106 Å². The molecule has 0 spiro atoms. The first-order chi connectivity index (χ1) is 15.3. The maximum atomic E-state index is 12.5. The third kappa shape index (κ3) is 5.86. The molecule has 0 unspecified atom stereocenters. The van der Waals surface area contributed by atoms with Crippen molar-refractivity contribution in [3.63, 3.8) is 0 Å². The summed E-state index contributed by atoms with van der Waals surface area (Å²) in [5.41, 5.74) is 3.79. The Morgan fingerprint density at radius 3 is 2.22 bits per heavy atom. The Morgan fingerprint density at radius 1 is 0.938 bits per heavy atom. The van der Waals surface area contributed by atoms with Crippen molar-refractivity contribution in [1.82, 2.24) is 5.43 Å². The van der Waals surface area contributed by atoms with E-state index in [9.17, 15) is 13.2 Å². The minimum atomic E-state index is -3.73. The smallest absolute Gasteiger partial charge is 0.271 e. The summed E-state index contributed by atoms with van der Waals surface area (Å²) in [4.78, 5) is 12.4. The van der Waals surface area contributed by atoms with Crippen LogP contribution in [0.3, 0.4) is 0 Å². The van der Waals surface area contributed by atoms with Gasteiger partial charge in [-0.25, -0.2) is 13.8 Å². The summed E-state index contributed by atoms with van der Waals surface area (Å²) in [6.45, 7) is 0. The van der Waals surface area contributed by atoms with Gasteiger partial charge in [-0.3, -0.25) is 9.52 Å². The van der Waals surface area contributed by atoms with Crippen LogP contribution >= 0.6 is 15.9 Å². The van der Waals surface area contributed by atoms with Gasteiger partial charge in [0.25, 0.3) is 15.9 Å². The quantitative estimate of drug-likeness (QED) is 0.346. The zero-order valence-corrected chi connectivity index (χ0v) is 19.6. The highest BCUT2D eigenvalue weighted by atomic mass is 79.9. The van der Waals surface area contributed by atoms with Crippen LogP contribution in [0, 0.1) is 0 Å². The molecule has 32 heavy (non-hydrogen) atoms. The van der Waals surface area contributed by atoms with E-state index in [-0.39, 0.29) is 4.90 Å². The standard InChI is InChI=1S/C22H20BrN3O5S/c1-30-20-12-3-15(13-21(20)31-2)14-24-25-22(27)16-4-8-18(9-5-16)26-32(28,29)19-10-6-17(23)7-11-19/h3-14,26H,1-2H3,(H,25,27)/b24-14+. The number of methoxy groups -OCH3 is 2. The maximum Gasteiger partial charge on any atom is 0.271 e. The molecule has 0 aliphatic heterocycles. The largest absolute Gasteiger partial charge is 0.493 e. The normalized spacial score (nSPS) is 11.2. The predicted octanol–water partition coefficient (Wildman–Crippen LogP) is 4.03. The van der Waals surface area contributed by atoms with Crippen LogP contribution in [0.4, 0.5) is 5.69 Å². The highest BCUT2D eigenvalue weighted by molar-refractivity contribution is 9.10. The SMILES string of the molecule is COc1ccc(/C=N/NC(=O)c2ccc(NS(=O)(=O)c3ccc(Br)cc3)cc2)cc1OC. The molecule has 0 heterocycles. The molecule has 3 aromatic rings. The van der Waals surface area contributed by atoms with Crippen molar-refractivity contribution in [2.24, 2.45) is 5.10 Å². The van der Waals surface area contributed by atoms with Gasteiger partial charge >= 0.3 is 0 Å². The van der Waals surface area contributed by atoms with E-state index >= 15 is 0 Å². The molecule has 0 fully saturated rings. The molecule has 166 valence electrons. The van der Waals surface area contributed by atoms with Crippen LogP contribution in [-0.4, -0.2) is 34.8 Å². The monoisotopic (exact) mass is 517 g/mol. The Balaban J connectivity index is 1.62. The van der Waals surface area contributed by atoms with E-state index in [1.807, 2.05) is 0 Å². The molecule has 0 bridgehead atoms. The number of amides is 1. The number of ether oxygens (including phenoxy) is 2. The predicted molar refractivity (Wildman–Crippen MR) is 126 cm³/mol. The highest BCUT2D eigenvalue weighted by Gasteiger charge is 2.14. The van der Waals surface area contributed by atoms with Gasteiger partial charge in [-0.15, -0.1) is 0 Å². The Kier molecular flexibility index (Phi) is 7.49. The van der Waals surface area contributed by atoms with Crippen molar-refractivity contribution in [2.45, 2.75) is 4.90 Å². The Bertz CT molecular complexity index is 1230. The van der Waals surface area contributed by atoms with Gasteiger partial charge in [0.05, 0.1) is 25.3 Å². The van der Waals surface area contributed by atoms with Crippen molar-refractivity contribution < 1.29 is 22.7 Å². The van der Waals surface area contributed by atoms with E-state index in [2.05, 4.69) is 31.2 Å². The number of sulfonamides is 1. The average molecular weight is 518 g/mol. The third-order valence-electron chi connectivity index (χ3n) is 4.31. The summed E-state index contributed by atoms with van der Waals surface area (Å²) in [7, 11) is -0.657. The molecule has 3 aromatic carbocycles. The van der Waals surface area contributed by atoms with Gasteiger partial charge in [0.1, 0.15) is 0 Å². The summed E-state index contributed by atoms with van der Waals surface area (Å²) < 4.78 is 38.6. The zero-order valence-electron chi connectivity index (χ0n) is 17.2. The van der Waals surface area contributed by atoms with Crippen LogP contribution in [-0.2, 0) is 10.0 Å². The lowest BCUT2D eigenvalue weighted by atomic mass is 10.2. The number of nitrogens with zero attached hydrogens (tertiary/aromatic N) is 1. The molecule has 0 aromatic heterocycles. The lowest BCUT2D eigenvalue weighted by Crippen LogP contribution is -2.18. The number of anilines is 1. The van der Waals surface area contributed by atoms with E-state index in [1.165, 1.54) is 49.7 Å². The minimum absolute atomic E-state index is 0.131. The Labute approximate surface area is 194 Å². The van der Waals surface area contributed by atoms with Gasteiger partial charge in [-0.05, 0) is 72.3 Å². The van der Waals surface area contributed by atoms with Crippen molar-refractivity contribution >= 4 is 43.8 Å². The fraction of sp³-hybridized carbons (Fsp3) is 0.0909. The number of hydrazone groups is 1. The number of nitrogens with one attached hydrogen (secondary N) is 2. The molecular formula is C22H20BrN3O5S. The minimum Gasteiger partial charge on any atom is -0.493 e. The van der Waals surface area contributed by atoms with Gasteiger partial charge < -0.3 is 9.47 Å². The highest BCUT2D eigenvalue weighted by Crippen LogP contribution is 2.26. The number of carbonyl (C=O) groups excluding carboxylic acids is 1. The third-order valence-corrected chi connectivity index (χ3v) is 6.24. The summed E-state index contributed by atoms with van der Waals surface area (Å²) in [6, 6.07) is 17.5. The summed E-state index contributed by atoms with van der Waals surface area (Å²) in [6.07, 6.45) is 1.47. The Hall–Kier alpha value is -3.37. The van der Waals surface area contributed by atoms with Crippen molar-refractivity contribution in [3.05, 3.63) is 82.3 Å². The maximum absolute atomic E-state index is 12.5. The molecule has 0 aliphatic carbocycles. The van der Waals surface area contributed by atoms with Gasteiger partial charge in [0.2, 0.25) is 0 Å². The molecular weight excluding hydrogens is 498 g/mol. The zero-order chi connectivity index (χ0) is 23.1. The average Bonchev–Trinajstić information content (AvgIpc) is 2.79. The number of benzene rings is 3. The lowest BCUT2D eigenvalue weighted by molar-refractivity contribution is 0.0955. The van der Waals surface area contributed by atoms with Crippen LogP contribution < -0.4 is 19.6 Å². The first-order valence-corrected chi connectivity index (χ1v) is 11.5. The van der Waals surface area contributed by atoms with Crippen LogP contribution in [0.2, 0.25) is 0 Å². The fourth-order valence-electron chi connectivity index (χ4n) is 2.68. The van der Waals surface area contributed by atoms with Crippen LogP contribution in [0.5, 0.6) is 11.5 Å². The van der Waals surface area contributed by atoms with Gasteiger partial charge in [-0.2, -0.15) is 5.10 Å². The molecule has 0 atom stereocenters. The van der Waals surface area contributed by atoms with E-state index in [0.717, 1.165) is 4.47 Å². The van der Waals surface area contributed by atoms with E-state index in [0.29, 0.717) is 28.3 Å². The molecule has 0 saturated heterocycles. The number of carbonyl (C=O) groups is 1. The lowest BCUT2D eigenvalue weighted by Gasteiger charge is -2.09. The van der Waals surface area contributed by atoms with Crippen molar-refractivity contribution in [3.8, 4) is 11.5 Å². The summed E-state index contributed by atoms with van der Waals surface area (Å²) in [5, 5.41) is 3.94. The van der Waals surface area contributed by atoms with Crippen LogP contribution in [0.15, 0.2) is 81.2 Å². The van der Waals surface area contributed by atoms with Gasteiger partial charge in [0.15, 0.2) is 11.5 Å². The van der Waals surface area contributed by atoms with E-state index in [1.54, 1.807) is 37.4 Å².